The number of phenols is 1. The van der Waals surface area contributed by atoms with Crippen molar-refractivity contribution in [2.45, 2.75) is 12.8 Å². The first-order valence-electron chi connectivity index (χ1n) is 7.20. The summed E-state index contributed by atoms with van der Waals surface area (Å²) in [7, 11) is 0. The Kier molecular flexibility index (Phi) is 5.28. The summed E-state index contributed by atoms with van der Waals surface area (Å²) < 4.78 is 0. The van der Waals surface area contributed by atoms with Gasteiger partial charge in [0, 0.05) is 6.42 Å². The number of aliphatic carboxylic acids is 2. The second-order valence-electron chi connectivity index (χ2n) is 5.21. The van der Waals surface area contributed by atoms with Gasteiger partial charge in [0.2, 0.25) is 0 Å². The van der Waals surface area contributed by atoms with E-state index in [1.807, 2.05) is 0 Å². The third-order valence-corrected chi connectivity index (χ3v) is 3.29. The lowest BCUT2D eigenvalue weighted by atomic mass is 10.2. The molecule has 25 heavy (non-hydrogen) atoms. The molecule has 1 heterocycles. The third-order valence-electron chi connectivity index (χ3n) is 3.29. The van der Waals surface area contributed by atoms with Crippen molar-refractivity contribution in [1.82, 2.24) is 4.90 Å². The van der Waals surface area contributed by atoms with E-state index in [0.29, 0.717) is 5.56 Å². The predicted molar refractivity (Wildman–Crippen MR) is 87.5 cm³/mol. The Bertz CT molecular complexity index is 795. The van der Waals surface area contributed by atoms with Crippen LogP contribution in [0.15, 0.2) is 35.0 Å². The zero-order valence-corrected chi connectivity index (χ0v) is 13.0. The molecule has 1 aliphatic rings. The van der Waals surface area contributed by atoms with Crippen LogP contribution in [-0.4, -0.2) is 56.2 Å². The van der Waals surface area contributed by atoms with Crippen molar-refractivity contribution >= 4 is 35.5 Å². The fraction of sp³-hybridized carbons (Fsp3) is 0.188. The van der Waals surface area contributed by atoms with E-state index >= 15 is 0 Å². The Morgan fingerprint density at radius 1 is 1.12 bits per heavy atom. The van der Waals surface area contributed by atoms with Gasteiger partial charge in [-0.3, -0.25) is 19.3 Å². The molecule has 130 valence electrons. The molecule has 9 nitrogen and oxygen atoms in total. The van der Waals surface area contributed by atoms with Gasteiger partial charge in [0.15, 0.2) is 5.84 Å². The lowest BCUT2D eigenvalue weighted by Gasteiger charge is -2.15. The number of nitrogens with one attached hydrogen (secondary N) is 1. The van der Waals surface area contributed by atoms with Crippen LogP contribution >= 0.6 is 0 Å². The first-order chi connectivity index (χ1) is 11.8. The highest BCUT2D eigenvalue weighted by Crippen LogP contribution is 2.21. The summed E-state index contributed by atoms with van der Waals surface area (Å²) >= 11 is 0. The monoisotopic (exact) mass is 345 g/mol. The molecule has 0 saturated carbocycles. The average molecular weight is 345 g/mol. The van der Waals surface area contributed by atoms with Gasteiger partial charge in [-0.25, -0.2) is 4.99 Å². The molecule has 0 bridgehead atoms. The molecular formula is C16H15N3O6. The maximum atomic E-state index is 12.4. The lowest BCUT2D eigenvalue weighted by molar-refractivity contribution is -0.140. The molecule has 0 saturated heterocycles. The number of aliphatic imine (C=N–C) groups is 1. The number of nitrogens with zero attached hydrogens (tertiary/aromatic N) is 2. The van der Waals surface area contributed by atoms with Gasteiger partial charge in [-0.05, 0) is 23.8 Å². The Morgan fingerprint density at radius 2 is 1.76 bits per heavy atom. The number of hydrogen-bond acceptors (Lipinski definition) is 6. The highest BCUT2D eigenvalue weighted by Gasteiger charge is 2.33. The van der Waals surface area contributed by atoms with Gasteiger partial charge in [-0.15, -0.1) is 0 Å². The van der Waals surface area contributed by atoms with Crippen LogP contribution in [0.2, 0.25) is 0 Å². The molecule has 1 aromatic rings. The van der Waals surface area contributed by atoms with Gasteiger partial charge in [0.1, 0.15) is 18.0 Å². The van der Waals surface area contributed by atoms with E-state index in [2.05, 4.69) is 4.99 Å². The normalized spacial score (nSPS) is 15.4. The molecule has 2 rings (SSSR count). The number of benzene rings is 1. The number of carbonyl (C=O) groups is 3. The van der Waals surface area contributed by atoms with Crippen LogP contribution in [0.4, 0.5) is 0 Å². The molecule has 1 aromatic carbocycles. The summed E-state index contributed by atoms with van der Waals surface area (Å²) in [5.41, 5.74) is 0.256. The fourth-order valence-electron chi connectivity index (χ4n) is 2.14. The van der Waals surface area contributed by atoms with Gasteiger partial charge in [0.05, 0.1) is 12.1 Å². The largest absolute Gasteiger partial charge is 0.508 e. The highest BCUT2D eigenvalue weighted by molar-refractivity contribution is 6.46. The van der Waals surface area contributed by atoms with Crippen molar-refractivity contribution in [3.8, 4) is 5.75 Å². The van der Waals surface area contributed by atoms with Crippen molar-refractivity contribution in [3.63, 3.8) is 0 Å². The van der Waals surface area contributed by atoms with E-state index in [4.69, 9.17) is 15.6 Å². The summed E-state index contributed by atoms with van der Waals surface area (Å²) in [6.07, 6.45) is 0.891. The number of rotatable bonds is 7. The van der Waals surface area contributed by atoms with Gasteiger partial charge >= 0.3 is 11.9 Å². The average Bonchev–Trinajstić information content (AvgIpc) is 2.83. The van der Waals surface area contributed by atoms with Gasteiger partial charge in [-0.2, -0.15) is 0 Å². The van der Waals surface area contributed by atoms with Crippen LogP contribution in [0.25, 0.3) is 6.08 Å². The molecule has 1 amide bonds. The number of amidine groups is 1. The van der Waals surface area contributed by atoms with Crippen LogP contribution in [0.1, 0.15) is 18.4 Å². The minimum absolute atomic E-state index is 0.0482. The Balaban J connectivity index is 2.33. The molecule has 4 N–H and O–H groups in total. The van der Waals surface area contributed by atoms with E-state index in [-0.39, 0.29) is 35.8 Å². The van der Waals surface area contributed by atoms with E-state index in [1.165, 1.54) is 18.2 Å². The topological polar surface area (TPSA) is 151 Å². The van der Waals surface area contributed by atoms with Crippen molar-refractivity contribution < 1.29 is 29.7 Å². The zero-order valence-electron chi connectivity index (χ0n) is 13.0. The summed E-state index contributed by atoms with van der Waals surface area (Å²) in [4.78, 5) is 38.8. The minimum atomic E-state index is -1.28. The van der Waals surface area contributed by atoms with Crippen molar-refractivity contribution in [2.24, 2.45) is 4.99 Å². The standard InChI is InChI=1S/C16H15N3O6/c17-11(5-6-13(21)22)15-18-12(16(25)19(15)8-14(23)24)7-9-1-3-10(20)4-2-9/h1-4,7,17,20H,5-6,8H2,(H,21,22)(H,23,24). The number of phenolic OH excluding ortho intramolecular Hbond substituents is 1. The number of aromatic hydroxyl groups is 1. The maximum Gasteiger partial charge on any atom is 0.323 e. The maximum absolute atomic E-state index is 12.4. The molecule has 0 spiro atoms. The molecule has 0 aliphatic carbocycles. The Morgan fingerprint density at radius 3 is 2.32 bits per heavy atom. The number of hydrogen-bond donors (Lipinski definition) is 4. The minimum Gasteiger partial charge on any atom is -0.508 e. The summed E-state index contributed by atoms with van der Waals surface area (Å²) in [6.45, 7) is -0.681. The summed E-state index contributed by atoms with van der Waals surface area (Å²) in [5.74, 6) is -3.20. The molecular weight excluding hydrogens is 330 g/mol. The van der Waals surface area contributed by atoms with Crippen molar-refractivity contribution in [1.29, 1.82) is 5.41 Å². The van der Waals surface area contributed by atoms with Gasteiger partial charge in [0.25, 0.3) is 5.91 Å². The quantitative estimate of drug-likeness (QED) is 0.426. The predicted octanol–water partition coefficient (Wildman–Crippen LogP) is 0.943. The van der Waals surface area contributed by atoms with Crippen molar-refractivity contribution in [2.75, 3.05) is 6.54 Å². The second-order valence-corrected chi connectivity index (χ2v) is 5.21. The molecule has 0 fully saturated rings. The number of carbonyl (C=O) groups excluding carboxylic acids is 1. The number of carboxylic acids is 2. The van der Waals surface area contributed by atoms with Crippen LogP contribution in [0.5, 0.6) is 5.75 Å². The second kappa shape index (κ2) is 7.39. The Hall–Kier alpha value is -3.49. The van der Waals surface area contributed by atoms with E-state index < -0.39 is 24.4 Å². The van der Waals surface area contributed by atoms with Gasteiger partial charge < -0.3 is 20.7 Å². The van der Waals surface area contributed by atoms with Crippen molar-refractivity contribution in [3.05, 3.63) is 35.5 Å². The fourth-order valence-corrected chi connectivity index (χ4v) is 2.14. The Labute approximate surface area is 142 Å². The smallest absolute Gasteiger partial charge is 0.323 e. The first-order valence-corrected chi connectivity index (χ1v) is 7.20. The number of carboxylic acid groups (broad SMARTS) is 2. The molecule has 0 atom stereocenters. The van der Waals surface area contributed by atoms with Crippen LogP contribution in [0.3, 0.4) is 0 Å². The zero-order chi connectivity index (χ0) is 18.6. The van der Waals surface area contributed by atoms with E-state index in [0.717, 1.165) is 4.90 Å². The van der Waals surface area contributed by atoms with Crippen LogP contribution < -0.4 is 0 Å². The lowest BCUT2D eigenvalue weighted by Crippen LogP contribution is -2.40. The molecule has 0 radical (unpaired) electrons. The van der Waals surface area contributed by atoms with Crippen LogP contribution in [-0.2, 0) is 14.4 Å². The van der Waals surface area contributed by atoms with E-state index in [9.17, 15) is 19.5 Å². The summed E-state index contributed by atoms with van der Waals surface area (Å²) in [6, 6.07) is 5.92. The first kappa shape index (κ1) is 17.9. The van der Waals surface area contributed by atoms with Gasteiger partial charge in [-0.1, -0.05) is 12.1 Å². The summed E-state index contributed by atoms with van der Waals surface area (Å²) in [5, 5.41) is 34.8. The molecule has 9 heteroatoms. The molecule has 0 unspecified atom stereocenters. The van der Waals surface area contributed by atoms with E-state index in [1.54, 1.807) is 12.1 Å². The highest BCUT2D eigenvalue weighted by atomic mass is 16.4. The third kappa shape index (κ3) is 4.50. The van der Waals surface area contributed by atoms with Crippen LogP contribution in [0, 0.1) is 5.41 Å². The SMILES string of the molecule is N=C(CCC(=O)O)C1=NC(=Cc2ccc(O)cc2)C(=O)N1CC(=O)O. The molecule has 0 aromatic heterocycles. The molecule has 1 aliphatic heterocycles. The number of amides is 1.